The number of aromatic carboxylic acids is 1. The summed E-state index contributed by atoms with van der Waals surface area (Å²) in [5, 5.41) is 21.5. The zero-order valence-corrected chi connectivity index (χ0v) is 17.3. The van der Waals surface area contributed by atoms with Crippen LogP contribution in [-0.4, -0.2) is 77.4 Å². The Bertz CT molecular complexity index is 1040. The summed E-state index contributed by atoms with van der Waals surface area (Å²) in [5.74, 6) is -3.84. The van der Waals surface area contributed by atoms with E-state index in [-0.39, 0.29) is 35.3 Å². The second-order valence-corrected chi connectivity index (χ2v) is 8.68. The predicted octanol–water partition coefficient (Wildman–Crippen LogP) is 0.864. The highest BCUT2D eigenvalue weighted by molar-refractivity contribution is 7.89. The number of carbonyl (C=O) groups is 2. The van der Waals surface area contributed by atoms with Gasteiger partial charge in [-0.15, -0.1) is 11.3 Å². The second kappa shape index (κ2) is 9.06. The Morgan fingerprint density at radius 2 is 1.77 bits per heavy atom. The maximum absolute atomic E-state index is 12.7. The van der Waals surface area contributed by atoms with Crippen LogP contribution < -0.4 is 10.6 Å². The molecule has 1 fully saturated rings. The highest BCUT2D eigenvalue weighted by Crippen LogP contribution is 2.28. The number of carboxylic acid groups (broad SMARTS) is 2. The number of hydrogen-bond acceptors (Lipinski definition) is 10. The fraction of sp³-hybridized carbons (Fsp3) is 0.429. The molecule has 0 radical (unpaired) electrons. The smallest absolute Gasteiger partial charge is 0.476 e. The van der Waals surface area contributed by atoms with Gasteiger partial charge in [-0.2, -0.15) is 17.5 Å². The minimum atomic E-state index is -5.08. The number of thiazole rings is 1. The molecule has 0 bridgehead atoms. The normalized spacial score (nSPS) is 15.3. The third-order valence-electron chi connectivity index (χ3n) is 3.89. The Morgan fingerprint density at radius 3 is 2.16 bits per heavy atom. The lowest BCUT2D eigenvalue weighted by Gasteiger charge is -2.33. The molecule has 0 saturated carbocycles. The maximum Gasteiger partial charge on any atom is 0.490 e. The number of aryl methyl sites for hydroxylation is 1. The Hall–Kier alpha value is -2.92. The quantitative estimate of drug-likeness (QED) is 0.557. The summed E-state index contributed by atoms with van der Waals surface area (Å²) in [7, 11) is -3.78. The highest BCUT2D eigenvalue weighted by Gasteiger charge is 2.38. The zero-order chi connectivity index (χ0) is 23.6. The lowest BCUT2D eigenvalue weighted by molar-refractivity contribution is -0.192. The van der Waals surface area contributed by atoms with Crippen molar-refractivity contribution in [2.24, 2.45) is 0 Å². The van der Waals surface area contributed by atoms with E-state index in [1.807, 2.05) is 4.90 Å². The highest BCUT2D eigenvalue weighted by atomic mass is 32.2. The number of piperazine rings is 1. The molecule has 0 atom stereocenters. The van der Waals surface area contributed by atoms with Crippen LogP contribution in [0.25, 0.3) is 0 Å². The third kappa shape index (κ3) is 5.61. The van der Waals surface area contributed by atoms with Gasteiger partial charge in [0.05, 0.1) is 0 Å². The van der Waals surface area contributed by atoms with Crippen LogP contribution in [0.2, 0.25) is 0 Å². The Kier molecular flexibility index (Phi) is 7.12. The van der Waals surface area contributed by atoms with Crippen molar-refractivity contribution in [2.75, 3.05) is 36.8 Å². The first-order chi connectivity index (χ1) is 14.2. The number of carboxylic acids is 2. The topological polar surface area (TPSA) is 180 Å². The average Bonchev–Trinajstić information content (AvgIpc) is 3.29. The van der Waals surface area contributed by atoms with Crippen molar-refractivity contribution in [1.82, 2.24) is 14.4 Å². The fourth-order valence-corrected chi connectivity index (χ4v) is 4.91. The second-order valence-electron chi connectivity index (χ2n) is 5.97. The number of aromatic nitrogens is 2. The van der Waals surface area contributed by atoms with E-state index < -0.39 is 28.1 Å². The molecule has 3 heterocycles. The first-order valence-corrected chi connectivity index (χ1v) is 10.5. The van der Waals surface area contributed by atoms with Gasteiger partial charge in [0.1, 0.15) is 0 Å². The van der Waals surface area contributed by atoms with E-state index in [4.69, 9.17) is 25.3 Å². The zero-order valence-electron chi connectivity index (χ0n) is 15.7. The third-order valence-corrected chi connectivity index (χ3v) is 6.85. The average molecular weight is 487 g/mol. The standard InChI is InChI=1S/C12H15N5O5S2.C2HF3O2/c1-7-9(10(13)15-22-7)24(20,21)17-4-2-16(3-5-17)12-14-8(6-23-12)11(18)19;3-2(4,5)1(6)7/h6H,2-5H2,1H3,(H2,13,15)(H,18,19);(H,6,7). The van der Waals surface area contributed by atoms with E-state index in [0.717, 1.165) is 0 Å². The number of nitrogens with two attached hydrogens (primary N) is 1. The van der Waals surface area contributed by atoms with Crippen molar-refractivity contribution in [3.8, 4) is 0 Å². The van der Waals surface area contributed by atoms with Gasteiger partial charge in [-0.05, 0) is 6.92 Å². The van der Waals surface area contributed by atoms with Crippen molar-refractivity contribution in [3.05, 3.63) is 16.8 Å². The Morgan fingerprint density at radius 1 is 1.23 bits per heavy atom. The lowest BCUT2D eigenvalue weighted by Crippen LogP contribution is -2.48. The molecule has 172 valence electrons. The van der Waals surface area contributed by atoms with Crippen LogP contribution in [0.5, 0.6) is 0 Å². The van der Waals surface area contributed by atoms with Gasteiger partial charge in [0.2, 0.25) is 10.0 Å². The van der Waals surface area contributed by atoms with Crippen LogP contribution in [0.1, 0.15) is 16.2 Å². The van der Waals surface area contributed by atoms with Crippen LogP contribution >= 0.6 is 11.3 Å². The molecule has 0 amide bonds. The van der Waals surface area contributed by atoms with Crippen molar-refractivity contribution in [1.29, 1.82) is 0 Å². The first kappa shape index (κ1) is 24.4. The van der Waals surface area contributed by atoms with Gasteiger partial charge >= 0.3 is 18.1 Å². The maximum atomic E-state index is 12.7. The van der Waals surface area contributed by atoms with E-state index >= 15 is 0 Å². The van der Waals surface area contributed by atoms with Crippen LogP contribution in [0.15, 0.2) is 14.8 Å². The summed E-state index contributed by atoms with van der Waals surface area (Å²) in [6.07, 6.45) is -5.08. The van der Waals surface area contributed by atoms with Gasteiger partial charge < -0.3 is 25.4 Å². The minimum Gasteiger partial charge on any atom is -0.476 e. The van der Waals surface area contributed by atoms with E-state index in [0.29, 0.717) is 18.2 Å². The summed E-state index contributed by atoms with van der Waals surface area (Å²) < 4.78 is 63.2. The van der Waals surface area contributed by atoms with Gasteiger partial charge in [-0.3, -0.25) is 0 Å². The molecule has 3 rings (SSSR count). The largest absolute Gasteiger partial charge is 0.490 e. The van der Waals surface area contributed by atoms with Crippen LogP contribution in [0.3, 0.4) is 0 Å². The molecule has 31 heavy (non-hydrogen) atoms. The summed E-state index contributed by atoms with van der Waals surface area (Å²) >= 11 is 1.22. The van der Waals surface area contributed by atoms with Gasteiger partial charge in [0, 0.05) is 31.6 Å². The summed E-state index contributed by atoms with van der Waals surface area (Å²) in [4.78, 5) is 25.6. The summed E-state index contributed by atoms with van der Waals surface area (Å²) in [6, 6.07) is 0. The van der Waals surface area contributed by atoms with E-state index in [1.54, 1.807) is 0 Å². The molecule has 0 aliphatic carbocycles. The number of aliphatic carboxylic acids is 1. The number of alkyl halides is 3. The molecule has 17 heteroatoms. The molecule has 2 aromatic heterocycles. The minimum absolute atomic E-state index is 0.0158. The molecule has 2 aromatic rings. The Labute approximate surface area is 176 Å². The molecule has 1 aliphatic heterocycles. The molecule has 4 N–H and O–H groups in total. The molecule has 0 unspecified atom stereocenters. The predicted molar refractivity (Wildman–Crippen MR) is 99.4 cm³/mol. The molecular weight excluding hydrogens is 471 g/mol. The van der Waals surface area contributed by atoms with E-state index in [9.17, 15) is 26.4 Å². The number of nitrogens with zero attached hydrogens (tertiary/aromatic N) is 4. The molecule has 0 spiro atoms. The Balaban J connectivity index is 0.000000423. The number of nitrogen functional groups attached to an aromatic ring is 1. The molecule has 1 aliphatic rings. The first-order valence-electron chi connectivity index (χ1n) is 8.21. The SMILES string of the molecule is Cc1onc(N)c1S(=O)(=O)N1CCN(c2nc(C(=O)O)cs2)CC1.O=C(O)C(F)(F)F. The van der Waals surface area contributed by atoms with Gasteiger partial charge in [-0.1, -0.05) is 5.16 Å². The number of sulfonamides is 1. The molecule has 1 saturated heterocycles. The molecular formula is C14H16F3N5O7S2. The van der Waals surface area contributed by atoms with Crippen LogP contribution in [0, 0.1) is 6.92 Å². The number of anilines is 2. The van der Waals surface area contributed by atoms with Crippen molar-refractivity contribution in [2.45, 2.75) is 18.0 Å². The van der Waals surface area contributed by atoms with Crippen LogP contribution in [-0.2, 0) is 14.8 Å². The lowest BCUT2D eigenvalue weighted by atomic mass is 10.4. The fourth-order valence-electron chi connectivity index (χ4n) is 2.45. The number of hydrogen-bond donors (Lipinski definition) is 3. The van der Waals surface area contributed by atoms with Crippen molar-refractivity contribution in [3.63, 3.8) is 0 Å². The van der Waals surface area contributed by atoms with Crippen molar-refractivity contribution >= 4 is 44.2 Å². The monoisotopic (exact) mass is 487 g/mol. The number of halogens is 3. The van der Waals surface area contributed by atoms with Crippen LogP contribution in [0.4, 0.5) is 24.1 Å². The van der Waals surface area contributed by atoms with Gasteiger partial charge in [0.15, 0.2) is 27.3 Å². The van der Waals surface area contributed by atoms with E-state index in [2.05, 4.69) is 10.1 Å². The summed E-state index contributed by atoms with van der Waals surface area (Å²) in [5.41, 5.74) is 5.58. The van der Waals surface area contributed by atoms with Gasteiger partial charge in [-0.25, -0.2) is 23.0 Å². The van der Waals surface area contributed by atoms with Crippen molar-refractivity contribution < 1.29 is 45.9 Å². The molecule has 12 nitrogen and oxygen atoms in total. The van der Waals surface area contributed by atoms with Gasteiger partial charge in [0.25, 0.3) is 0 Å². The summed E-state index contributed by atoms with van der Waals surface area (Å²) in [6.45, 7) is 2.75. The number of rotatable bonds is 4. The van der Waals surface area contributed by atoms with E-state index in [1.165, 1.54) is 27.9 Å². The molecule has 0 aromatic carbocycles.